The summed E-state index contributed by atoms with van der Waals surface area (Å²) in [5.41, 5.74) is 2.03. The third-order valence-electron chi connectivity index (χ3n) is 3.51. The summed E-state index contributed by atoms with van der Waals surface area (Å²) >= 11 is 12.1. The molecule has 25 heavy (non-hydrogen) atoms. The second-order valence-corrected chi connectivity index (χ2v) is 6.26. The number of rotatable bonds is 6. The van der Waals surface area contributed by atoms with Crippen molar-refractivity contribution in [2.75, 3.05) is 0 Å². The molecule has 0 amide bonds. The second kappa shape index (κ2) is 8.15. The largest absolute Gasteiger partial charge is 0.508 e. The highest BCUT2D eigenvalue weighted by molar-refractivity contribution is 6.37. The lowest BCUT2D eigenvalue weighted by molar-refractivity contribution is 0.296. The molecule has 3 aromatic rings. The van der Waals surface area contributed by atoms with Crippen LogP contribution in [0.1, 0.15) is 11.1 Å². The second-order valence-electron chi connectivity index (χ2n) is 5.45. The molecule has 3 aromatic carbocycles. The Bertz CT molecular complexity index is 828. The van der Waals surface area contributed by atoms with Gasteiger partial charge in [-0.3, -0.25) is 0 Å². The first-order valence-electron chi connectivity index (χ1n) is 7.68. The quantitative estimate of drug-likeness (QED) is 0.587. The number of halogens is 2. The van der Waals surface area contributed by atoms with E-state index in [-0.39, 0.29) is 22.4 Å². The third kappa shape index (κ3) is 4.81. The Morgan fingerprint density at radius 2 is 1.36 bits per heavy atom. The zero-order chi connectivity index (χ0) is 17.6. The van der Waals surface area contributed by atoms with Gasteiger partial charge in [0.15, 0.2) is 5.75 Å². The SMILES string of the molecule is Oc1cc(Cl)c(OCc2cccc(OCc3ccccc3)c2)c(Cl)c1. The maximum atomic E-state index is 9.45. The molecule has 0 saturated heterocycles. The predicted octanol–water partition coefficient (Wildman–Crippen LogP) is 5.86. The highest BCUT2D eigenvalue weighted by atomic mass is 35.5. The molecule has 0 aliphatic rings. The van der Waals surface area contributed by atoms with Gasteiger partial charge in [-0.25, -0.2) is 0 Å². The summed E-state index contributed by atoms with van der Waals surface area (Å²) in [7, 11) is 0. The number of aromatic hydroxyl groups is 1. The molecule has 0 bridgehead atoms. The lowest BCUT2D eigenvalue weighted by atomic mass is 10.2. The Morgan fingerprint density at radius 3 is 2.08 bits per heavy atom. The summed E-state index contributed by atoms with van der Waals surface area (Å²) in [4.78, 5) is 0. The van der Waals surface area contributed by atoms with Gasteiger partial charge in [0, 0.05) is 12.1 Å². The minimum Gasteiger partial charge on any atom is -0.508 e. The summed E-state index contributed by atoms with van der Waals surface area (Å²) in [6.45, 7) is 0.785. The number of phenols is 1. The lowest BCUT2D eigenvalue weighted by Gasteiger charge is -2.12. The van der Waals surface area contributed by atoms with Gasteiger partial charge in [-0.15, -0.1) is 0 Å². The molecular formula is C20H16Cl2O3. The Balaban J connectivity index is 1.64. The van der Waals surface area contributed by atoms with Crippen LogP contribution in [0.2, 0.25) is 10.0 Å². The summed E-state index contributed by atoms with van der Waals surface area (Å²) < 4.78 is 11.5. The minimum atomic E-state index is -0.00124. The van der Waals surface area contributed by atoms with Crippen LogP contribution >= 0.6 is 23.2 Å². The average Bonchev–Trinajstić information content (AvgIpc) is 2.60. The highest BCUT2D eigenvalue weighted by Gasteiger charge is 2.10. The topological polar surface area (TPSA) is 38.7 Å². The average molecular weight is 375 g/mol. The normalized spacial score (nSPS) is 10.5. The van der Waals surface area contributed by atoms with E-state index >= 15 is 0 Å². The molecule has 0 aromatic heterocycles. The molecular weight excluding hydrogens is 359 g/mol. The molecule has 1 N–H and O–H groups in total. The third-order valence-corrected chi connectivity index (χ3v) is 4.07. The standard InChI is InChI=1S/C20H16Cl2O3/c21-18-10-16(23)11-19(22)20(18)25-13-15-7-4-8-17(9-15)24-12-14-5-2-1-3-6-14/h1-11,23H,12-13H2. The molecule has 0 fully saturated rings. The van der Waals surface area contributed by atoms with E-state index in [2.05, 4.69) is 0 Å². The van der Waals surface area contributed by atoms with Crippen molar-refractivity contribution in [3.63, 3.8) is 0 Å². The number of phenolic OH excluding ortho intramolecular Hbond substituents is 1. The number of hydrogen-bond donors (Lipinski definition) is 1. The molecule has 3 rings (SSSR count). The molecule has 0 heterocycles. The fourth-order valence-corrected chi connectivity index (χ4v) is 2.89. The molecule has 0 unspecified atom stereocenters. The van der Waals surface area contributed by atoms with Crippen LogP contribution in [0.3, 0.4) is 0 Å². The maximum absolute atomic E-state index is 9.45. The summed E-state index contributed by atoms with van der Waals surface area (Å²) in [5.74, 6) is 1.10. The zero-order valence-electron chi connectivity index (χ0n) is 13.3. The minimum absolute atomic E-state index is 0.00124. The molecule has 0 aliphatic carbocycles. The van der Waals surface area contributed by atoms with Gasteiger partial charge in [0.05, 0.1) is 10.0 Å². The molecule has 0 spiro atoms. The molecule has 0 aliphatic heterocycles. The van der Waals surface area contributed by atoms with Crippen LogP contribution in [-0.4, -0.2) is 5.11 Å². The van der Waals surface area contributed by atoms with Gasteiger partial charge in [-0.05, 0) is 23.3 Å². The number of benzene rings is 3. The smallest absolute Gasteiger partial charge is 0.157 e. The fraction of sp³-hybridized carbons (Fsp3) is 0.100. The van der Waals surface area contributed by atoms with E-state index in [0.29, 0.717) is 12.4 Å². The Morgan fingerprint density at radius 1 is 0.720 bits per heavy atom. The molecule has 0 radical (unpaired) electrons. The van der Waals surface area contributed by atoms with Crippen LogP contribution < -0.4 is 9.47 Å². The maximum Gasteiger partial charge on any atom is 0.157 e. The van der Waals surface area contributed by atoms with Gasteiger partial charge in [0.25, 0.3) is 0 Å². The van der Waals surface area contributed by atoms with Crippen molar-refractivity contribution in [2.24, 2.45) is 0 Å². The van der Waals surface area contributed by atoms with Crippen LogP contribution in [0, 0.1) is 0 Å². The predicted molar refractivity (Wildman–Crippen MR) is 99.7 cm³/mol. The lowest BCUT2D eigenvalue weighted by Crippen LogP contribution is -1.99. The van der Waals surface area contributed by atoms with E-state index in [1.807, 2.05) is 54.6 Å². The van der Waals surface area contributed by atoms with Gasteiger partial charge in [0.2, 0.25) is 0 Å². The van der Waals surface area contributed by atoms with Gasteiger partial charge < -0.3 is 14.6 Å². The first-order valence-corrected chi connectivity index (χ1v) is 8.44. The number of hydrogen-bond acceptors (Lipinski definition) is 3. The molecule has 128 valence electrons. The molecule has 0 saturated carbocycles. The summed E-state index contributed by atoms with van der Waals surface area (Å²) in [6.07, 6.45) is 0. The van der Waals surface area contributed by atoms with E-state index in [1.54, 1.807) is 0 Å². The van der Waals surface area contributed by atoms with Gasteiger partial charge in [-0.2, -0.15) is 0 Å². The van der Waals surface area contributed by atoms with E-state index in [9.17, 15) is 5.11 Å². The summed E-state index contributed by atoms with van der Waals surface area (Å²) in [6, 6.07) is 20.4. The Hall–Kier alpha value is -2.36. The molecule has 5 heteroatoms. The van der Waals surface area contributed by atoms with Crippen molar-refractivity contribution in [1.29, 1.82) is 0 Å². The van der Waals surface area contributed by atoms with Crippen molar-refractivity contribution < 1.29 is 14.6 Å². The van der Waals surface area contributed by atoms with Crippen molar-refractivity contribution in [3.05, 3.63) is 87.9 Å². The van der Waals surface area contributed by atoms with Crippen LogP contribution in [0.25, 0.3) is 0 Å². The van der Waals surface area contributed by atoms with E-state index < -0.39 is 0 Å². The monoisotopic (exact) mass is 374 g/mol. The van der Waals surface area contributed by atoms with Gasteiger partial charge in [-0.1, -0.05) is 65.7 Å². The number of ether oxygens (including phenoxy) is 2. The van der Waals surface area contributed by atoms with Gasteiger partial charge in [0.1, 0.15) is 24.7 Å². The van der Waals surface area contributed by atoms with Crippen molar-refractivity contribution in [3.8, 4) is 17.2 Å². The van der Waals surface area contributed by atoms with E-state index in [0.717, 1.165) is 16.9 Å². The fourth-order valence-electron chi connectivity index (χ4n) is 2.31. The van der Waals surface area contributed by atoms with Gasteiger partial charge >= 0.3 is 0 Å². The summed E-state index contributed by atoms with van der Waals surface area (Å²) in [5, 5.41) is 9.98. The van der Waals surface area contributed by atoms with Crippen LogP contribution in [0.5, 0.6) is 17.2 Å². The Kier molecular flexibility index (Phi) is 5.69. The first kappa shape index (κ1) is 17.5. The van der Waals surface area contributed by atoms with Crippen molar-refractivity contribution in [2.45, 2.75) is 13.2 Å². The highest BCUT2D eigenvalue weighted by Crippen LogP contribution is 2.36. The first-order chi connectivity index (χ1) is 12.1. The van der Waals surface area contributed by atoms with Crippen LogP contribution in [0.4, 0.5) is 0 Å². The van der Waals surface area contributed by atoms with Crippen LogP contribution in [-0.2, 0) is 13.2 Å². The Labute approximate surface area is 156 Å². The van der Waals surface area contributed by atoms with E-state index in [4.69, 9.17) is 32.7 Å². The van der Waals surface area contributed by atoms with Crippen LogP contribution in [0.15, 0.2) is 66.7 Å². The van der Waals surface area contributed by atoms with Crippen molar-refractivity contribution >= 4 is 23.2 Å². The molecule has 0 atom stereocenters. The zero-order valence-corrected chi connectivity index (χ0v) is 14.8. The van der Waals surface area contributed by atoms with E-state index in [1.165, 1.54) is 12.1 Å². The van der Waals surface area contributed by atoms with Crippen molar-refractivity contribution in [1.82, 2.24) is 0 Å². The molecule has 3 nitrogen and oxygen atoms in total.